The molecule has 0 aliphatic carbocycles. The van der Waals surface area contributed by atoms with E-state index in [1.165, 1.54) is 18.9 Å². The zero-order valence-corrected chi connectivity index (χ0v) is 12.7. The highest BCUT2D eigenvalue weighted by Gasteiger charge is 2.40. The molecule has 0 radical (unpaired) electrons. The van der Waals surface area contributed by atoms with Crippen molar-refractivity contribution in [1.82, 2.24) is 4.90 Å². The Hall–Kier alpha value is -0.930. The van der Waals surface area contributed by atoms with Crippen molar-refractivity contribution in [3.05, 3.63) is 35.6 Å². The Morgan fingerprint density at radius 1 is 1.25 bits per heavy atom. The minimum atomic E-state index is -0.584. The first-order valence-corrected chi connectivity index (χ1v) is 7.91. The minimum Gasteiger partial charge on any atom is -0.320 e. The van der Waals surface area contributed by atoms with Crippen LogP contribution in [0, 0.1) is 5.82 Å². The SMILES string of the molecule is CCCC(N)(c1ccccc1F)C(CC)N1CCCC1. The maximum Gasteiger partial charge on any atom is 0.128 e. The maximum absolute atomic E-state index is 14.3. The van der Waals surface area contributed by atoms with E-state index in [9.17, 15) is 4.39 Å². The van der Waals surface area contributed by atoms with Crippen molar-refractivity contribution in [2.75, 3.05) is 13.1 Å². The highest BCUT2D eigenvalue weighted by Crippen LogP contribution is 2.35. The van der Waals surface area contributed by atoms with Crippen LogP contribution in [-0.4, -0.2) is 24.0 Å². The van der Waals surface area contributed by atoms with E-state index in [-0.39, 0.29) is 11.9 Å². The van der Waals surface area contributed by atoms with Gasteiger partial charge in [0, 0.05) is 11.6 Å². The molecule has 1 aliphatic rings. The standard InChI is InChI=1S/C17H27FN2/c1-3-11-17(19,14-9-5-6-10-15(14)18)16(4-2)20-12-7-8-13-20/h5-6,9-10,16H,3-4,7-8,11-13,19H2,1-2H3. The first-order chi connectivity index (χ1) is 9.63. The van der Waals surface area contributed by atoms with Gasteiger partial charge in [-0.2, -0.15) is 0 Å². The second-order valence-electron chi connectivity index (χ2n) is 5.94. The van der Waals surface area contributed by atoms with Gasteiger partial charge in [0.1, 0.15) is 5.82 Å². The third-order valence-corrected chi connectivity index (χ3v) is 4.60. The quantitative estimate of drug-likeness (QED) is 0.860. The van der Waals surface area contributed by atoms with Crippen molar-refractivity contribution < 1.29 is 4.39 Å². The Labute approximate surface area is 122 Å². The molecule has 1 aromatic rings. The summed E-state index contributed by atoms with van der Waals surface area (Å²) in [7, 11) is 0. The number of rotatable bonds is 6. The minimum absolute atomic E-state index is 0.166. The normalized spacial score (nSPS) is 20.8. The molecular weight excluding hydrogens is 251 g/mol. The predicted octanol–water partition coefficient (Wildman–Crippen LogP) is 3.65. The van der Waals surface area contributed by atoms with E-state index in [0.29, 0.717) is 5.56 Å². The van der Waals surface area contributed by atoms with Crippen LogP contribution in [0.25, 0.3) is 0 Å². The average molecular weight is 278 g/mol. The van der Waals surface area contributed by atoms with Crippen molar-refractivity contribution in [2.24, 2.45) is 5.73 Å². The number of hydrogen-bond acceptors (Lipinski definition) is 2. The molecule has 1 saturated heterocycles. The van der Waals surface area contributed by atoms with E-state index in [2.05, 4.69) is 18.7 Å². The van der Waals surface area contributed by atoms with Crippen LogP contribution >= 0.6 is 0 Å². The number of nitrogens with two attached hydrogens (primary N) is 1. The Morgan fingerprint density at radius 3 is 2.45 bits per heavy atom. The van der Waals surface area contributed by atoms with Crippen LogP contribution in [0.15, 0.2) is 24.3 Å². The van der Waals surface area contributed by atoms with Gasteiger partial charge in [0.25, 0.3) is 0 Å². The summed E-state index contributed by atoms with van der Waals surface area (Å²) < 4.78 is 14.3. The number of hydrogen-bond donors (Lipinski definition) is 1. The highest BCUT2D eigenvalue weighted by molar-refractivity contribution is 5.28. The van der Waals surface area contributed by atoms with Crippen LogP contribution < -0.4 is 5.73 Å². The summed E-state index contributed by atoms with van der Waals surface area (Å²) >= 11 is 0. The first-order valence-electron chi connectivity index (χ1n) is 7.91. The topological polar surface area (TPSA) is 29.3 Å². The van der Waals surface area contributed by atoms with Crippen LogP contribution in [-0.2, 0) is 5.54 Å². The molecule has 2 atom stereocenters. The van der Waals surface area contributed by atoms with Crippen LogP contribution in [0.3, 0.4) is 0 Å². The molecule has 2 nitrogen and oxygen atoms in total. The molecule has 0 saturated carbocycles. The Bertz CT molecular complexity index is 429. The summed E-state index contributed by atoms with van der Waals surface area (Å²) in [6, 6.07) is 7.25. The van der Waals surface area contributed by atoms with Crippen LogP contribution in [0.2, 0.25) is 0 Å². The second kappa shape index (κ2) is 6.68. The van der Waals surface area contributed by atoms with Crippen molar-refractivity contribution in [3.8, 4) is 0 Å². The molecule has 0 aromatic heterocycles. The molecule has 20 heavy (non-hydrogen) atoms. The molecule has 0 spiro atoms. The lowest BCUT2D eigenvalue weighted by atomic mass is 9.78. The lowest BCUT2D eigenvalue weighted by Gasteiger charge is -2.43. The summed E-state index contributed by atoms with van der Waals surface area (Å²) in [6.07, 6.45) is 5.22. The van der Waals surface area contributed by atoms with Gasteiger partial charge in [-0.15, -0.1) is 0 Å². The van der Waals surface area contributed by atoms with Crippen LogP contribution in [0.5, 0.6) is 0 Å². The molecule has 1 aliphatic heterocycles. The summed E-state index contributed by atoms with van der Waals surface area (Å²) in [5.74, 6) is -0.166. The van der Waals surface area contributed by atoms with E-state index in [1.807, 2.05) is 12.1 Å². The summed E-state index contributed by atoms with van der Waals surface area (Å²) in [6.45, 7) is 6.48. The Balaban J connectivity index is 2.38. The number of nitrogens with zero attached hydrogens (tertiary/aromatic N) is 1. The third kappa shape index (κ3) is 2.89. The fraction of sp³-hybridized carbons (Fsp3) is 0.647. The lowest BCUT2D eigenvalue weighted by Crippen LogP contribution is -2.55. The van der Waals surface area contributed by atoms with E-state index in [1.54, 1.807) is 6.07 Å². The van der Waals surface area contributed by atoms with E-state index in [4.69, 9.17) is 5.73 Å². The highest BCUT2D eigenvalue weighted by atomic mass is 19.1. The average Bonchev–Trinajstić information content (AvgIpc) is 2.94. The molecule has 112 valence electrons. The zero-order chi connectivity index (χ0) is 14.6. The van der Waals surface area contributed by atoms with Gasteiger partial charge in [0.05, 0.1) is 5.54 Å². The first kappa shape index (κ1) is 15.5. The predicted molar refractivity (Wildman–Crippen MR) is 82.1 cm³/mol. The molecule has 1 aromatic carbocycles. The van der Waals surface area contributed by atoms with Crippen molar-refractivity contribution in [3.63, 3.8) is 0 Å². The molecule has 1 heterocycles. The van der Waals surface area contributed by atoms with Crippen molar-refractivity contribution in [2.45, 2.75) is 57.5 Å². The smallest absolute Gasteiger partial charge is 0.128 e. The molecule has 2 rings (SSSR count). The van der Waals surface area contributed by atoms with Gasteiger partial charge in [-0.05, 0) is 44.8 Å². The van der Waals surface area contributed by atoms with Gasteiger partial charge in [0.2, 0.25) is 0 Å². The van der Waals surface area contributed by atoms with E-state index in [0.717, 1.165) is 32.4 Å². The van der Waals surface area contributed by atoms with E-state index >= 15 is 0 Å². The van der Waals surface area contributed by atoms with Crippen molar-refractivity contribution >= 4 is 0 Å². The van der Waals surface area contributed by atoms with Gasteiger partial charge in [-0.25, -0.2) is 4.39 Å². The fourth-order valence-electron chi connectivity index (χ4n) is 3.73. The third-order valence-electron chi connectivity index (χ3n) is 4.60. The molecule has 0 amide bonds. The van der Waals surface area contributed by atoms with E-state index < -0.39 is 5.54 Å². The summed E-state index contributed by atoms with van der Waals surface area (Å²) in [5, 5.41) is 0. The molecule has 2 unspecified atom stereocenters. The largest absolute Gasteiger partial charge is 0.320 e. The fourth-order valence-corrected chi connectivity index (χ4v) is 3.73. The number of likely N-dealkylation sites (tertiary alicyclic amines) is 1. The van der Waals surface area contributed by atoms with Gasteiger partial charge in [0.15, 0.2) is 0 Å². The van der Waals surface area contributed by atoms with Gasteiger partial charge < -0.3 is 5.73 Å². The number of benzene rings is 1. The molecular formula is C17H27FN2. The molecule has 1 fully saturated rings. The van der Waals surface area contributed by atoms with Crippen LogP contribution in [0.4, 0.5) is 4.39 Å². The van der Waals surface area contributed by atoms with Gasteiger partial charge in [-0.3, -0.25) is 4.90 Å². The molecule has 0 bridgehead atoms. The number of halogens is 1. The second-order valence-corrected chi connectivity index (χ2v) is 5.94. The zero-order valence-electron chi connectivity index (χ0n) is 12.7. The van der Waals surface area contributed by atoms with Gasteiger partial charge >= 0.3 is 0 Å². The molecule has 3 heteroatoms. The summed E-state index contributed by atoms with van der Waals surface area (Å²) in [4.78, 5) is 2.46. The lowest BCUT2D eigenvalue weighted by molar-refractivity contribution is 0.129. The maximum atomic E-state index is 14.3. The Morgan fingerprint density at radius 2 is 1.90 bits per heavy atom. The monoisotopic (exact) mass is 278 g/mol. The Kier molecular flexibility index (Phi) is 5.17. The van der Waals surface area contributed by atoms with Gasteiger partial charge in [-0.1, -0.05) is 38.5 Å². The van der Waals surface area contributed by atoms with Crippen molar-refractivity contribution in [1.29, 1.82) is 0 Å². The summed E-state index contributed by atoms with van der Waals surface area (Å²) in [5.41, 5.74) is 6.88. The molecule has 2 N–H and O–H groups in total. The van der Waals surface area contributed by atoms with Crippen LogP contribution in [0.1, 0.15) is 51.5 Å².